The van der Waals surface area contributed by atoms with E-state index in [0.717, 1.165) is 49.4 Å². The zero-order valence-corrected chi connectivity index (χ0v) is 16.2. The Morgan fingerprint density at radius 1 is 1.04 bits per heavy atom. The van der Waals surface area contributed by atoms with Crippen molar-refractivity contribution in [2.45, 2.75) is 33.2 Å². The third-order valence-corrected chi connectivity index (χ3v) is 5.73. The van der Waals surface area contributed by atoms with E-state index < -0.39 is 0 Å². The molecule has 0 spiro atoms. The maximum atomic E-state index is 12.5. The lowest BCUT2D eigenvalue weighted by atomic mass is 9.96. The number of rotatable bonds is 5. The van der Waals surface area contributed by atoms with Crippen molar-refractivity contribution in [3.63, 3.8) is 0 Å². The minimum absolute atomic E-state index is 0.227. The number of likely N-dealkylation sites (tertiary alicyclic amines) is 1. The van der Waals surface area contributed by atoms with Crippen LogP contribution in [0.2, 0.25) is 0 Å². The molecule has 2 aromatic carbocycles. The van der Waals surface area contributed by atoms with Crippen LogP contribution in [0.25, 0.3) is 11.0 Å². The Kier molecular flexibility index (Phi) is 5.08. The maximum Gasteiger partial charge on any atom is 0.176 e. The van der Waals surface area contributed by atoms with E-state index in [2.05, 4.69) is 39.6 Å². The van der Waals surface area contributed by atoms with Crippen LogP contribution in [-0.4, -0.2) is 39.9 Å². The van der Waals surface area contributed by atoms with Crippen molar-refractivity contribution in [1.82, 2.24) is 14.5 Å². The number of imidazole rings is 1. The Balaban J connectivity index is 1.34. The molecule has 0 unspecified atom stereocenters. The van der Waals surface area contributed by atoms with E-state index in [4.69, 9.17) is 0 Å². The number of nitrogens with zero attached hydrogens (tertiary/aromatic N) is 3. The number of fused-ring (bicyclic) bond motifs is 1. The molecule has 1 fully saturated rings. The van der Waals surface area contributed by atoms with Crippen LogP contribution in [0.5, 0.6) is 0 Å². The first-order valence-electron chi connectivity index (χ1n) is 9.84. The van der Waals surface area contributed by atoms with Crippen molar-refractivity contribution in [2.24, 2.45) is 5.92 Å². The first kappa shape index (κ1) is 17.9. The molecule has 140 valence electrons. The standard InChI is InChI=1S/C23H27N3O/c1-17-7-9-20(10-8-17)23(27)16-25-13-11-19(12-14-25)15-26-18(2)24-21-5-3-4-6-22(21)26/h3-10,19H,11-16H2,1-2H3. The lowest BCUT2D eigenvalue weighted by molar-refractivity contribution is 0.0890. The summed E-state index contributed by atoms with van der Waals surface area (Å²) in [5.74, 6) is 1.96. The summed E-state index contributed by atoms with van der Waals surface area (Å²) in [6, 6.07) is 16.3. The number of Topliss-reactive ketones (excluding diaryl/α,β-unsaturated/α-hetero) is 1. The van der Waals surface area contributed by atoms with Crippen molar-refractivity contribution in [1.29, 1.82) is 0 Å². The zero-order valence-electron chi connectivity index (χ0n) is 16.2. The van der Waals surface area contributed by atoms with Crippen LogP contribution in [0.15, 0.2) is 48.5 Å². The molecule has 4 heteroatoms. The van der Waals surface area contributed by atoms with E-state index in [1.54, 1.807) is 0 Å². The highest BCUT2D eigenvalue weighted by Crippen LogP contribution is 2.23. The maximum absolute atomic E-state index is 12.5. The van der Waals surface area contributed by atoms with Crippen LogP contribution in [0.4, 0.5) is 0 Å². The summed E-state index contributed by atoms with van der Waals surface area (Å²) in [5, 5.41) is 0. The van der Waals surface area contributed by atoms with E-state index in [0.29, 0.717) is 12.5 Å². The second kappa shape index (κ2) is 7.65. The van der Waals surface area contributed by atoms with E-state index in [1.807, 2.05) is 37.3 Å². The highest BCUT2D eigenvalue weighted by atomic mass is 16.1. The monoisotopic (exact) mass is 361 g/mol. The van der Waals surface area contributed by atoms with Crippen LogP contribution in [0, 0.1) is 19.8 Å². The highest BCUT2D eigenvalue weighted by molar-refractivity contribution is 5.97. The number of aromatic nitrogens is 2. The van der Waals surface area contributed by atoms with Gasteiger partial charge in [0.1, 0.15) is 5.82 Å². The molecule has 0 aliphatic carbocycles. The van der Waals surface area contributed by atoms with Gasteiger partial charge in [0.15, 0.2) is 5.78 Å². The van der Waals surface area contributed by atoms with Crippen molar-refractivity contribution in [2.75, 3.05) is 19.6 Å². The summed E-state index contributed by atoms with van der Waals surface area (Å²) < 4.78 is 2.35. The predicted octanol–water partition coefficient (Wildman–Crippen LogP) is 4.25. The highest BCUT2D eigenvalue weighted by Gasteiger charge is 2.22. The fourth-order valence-corrected chi connectivity index (χ4v) is 4.05. The van der Waals surface area contributed by atoms with Crippen LogP contribution in [-0.2, 0) is 6.54 Å². The van der Waals surface area contributed by atoms with Crippen molar-refractivity contribution in [3.05, 3.63) is 65.5 Å². The fourth-order valence-electron chi connectivity index (χ4n) is 4.05. The molecule has 1 aliphatic rings. The van der Waals surface area contributed by atoms with Gasteiger partial charge in [-0.05, 0) is 57.8 Å². The quantitative estimate of drug-likeness (QED) is 0.638. The van der Waals surface area contributed by atoms with Gasteiger partial charge in [-0.1, -0.05) is 42.0 Å². The zero-order chi connectivity index (χ0) is 18.8. The lowest BCUT2D eigenvalue weighted by Gasteiger charge is -2.32. The molecule has 3 aromatic rings. The summed E-state index contributed by atoms with van der Waals surface area (Å²) in [7, 11) is 0. The normalized spacial score (nSPS) is 16.1. The lowest BCUT2D eigenvalue weighted by Crippen LogP contribution is -2.38. The predicted molar refractivity (Wildman–Crippen MR) is 109 cm³/mol. The van der Waals surface area contributed by atoms with Gasteiger partial charge < -0.3 is 4.57 Å². The molecule has 0 N–H and O–H groups in total. The molecular weight excluding hydrogens is 334 g/mol. The van der Waals surface area contributed by atoms with E-state index in [9.17, 15) is 4.79 Å². The molecule has 0 amide bonds. The fraction of sp³-hybridized carbons (Fsp3) is 0.391. The number of para-hydroxylation sites is 2. The molecular formula is C23H27N3O. The Morgan fingerprint density at radius 3 is 2.48 bits per heavy atom. The van der Waals surface area contributed by atoms with Crippen molar-refractivity contribution >= 4 is 16.8 Å². The summed E-state index contributed by atoms with van der Waals surface area (Å²) in [5.41, 5.74) is 4.32. The molecule has 1 aromatic heterocycles. The Labute approximate surface area is 160 Å². The SMILES string of the molecule is Cc1ccc(C(=O)CN2CCC(Cn3c(C)nc4ccccc43)CC2)cc1. The number of ketones is 1. The minimum atomic E-state index is 0.227. The van der Waals surface area contributed by atoms with Crippen LogP contribution in [0.1, 0.15) is 34.6 Å². The number of hydrogen-bond acceptors (Lipinski definition) is 3. The van der Waals surface area contributed by atoms with Gasteiger partial charge in [0.25, 0.3) is 0 Å². The van der Waals surface area contributed by atoms with Gasteiger partial charge in [0.05, 0.1) is 17.6 Å². The van der Waals surface area contributed by atoms with Crippen LogP contribution >= 0.6 is 0 Å². The third-order valence-electron chi connectivity index (χ3n) is 5.73. The first-order valence-corrected chi connectivity index (χ1v) is 9.84. The second-order valence-electron chi connectivity index (χ2n) is 7.77. The summed E-state index contributed by atoms with van der Waals surface area (Å²) in [6.45, 7) is 7.68. The Hall–Kier alpha value is -2.46. The van der Waals surface area contributed by atoms with E-state index in [1.165, 1.54) is 11.1 Å². The van der Waals surface area contributed by atoms with Gasteiger partial charge in [-0.3, -0.25) is 9.69 Å². The number of hydrogen-bond donors (Lipinski definition) is 0. The smallest absolute Gasteiger partial charge is 0.176 e. The average Bonchev–Trinajstić information content (AvgIpc) is 2.99. The molecule has 4 nitrogen and oxygen atoms in total. The third kappa shape index (κ3) is 3.96. The summed E-state index contributed by atoms with van der Waals surface area (Å²) in [6.07, 6.45) is 2.26. The van der Waals surface area contributed by atoms with Gasteiger partial charge >= 0.3 is 0 Å². The topological polar surface area (TPSA) is 38.1 Å². The van der Waals surface area contributed by atoms with Crippen molar-refractivity contribution in [3.8, 4) is 0 Å². The largest absolute Gasteiger partial charge is 0.328 e. The average molecular weight is 361 g/mol. The van der Waals surface area contributed by atoms with Gasteiger partial charge in [-0.2, -0.15) is 0 Å². The van der Waals surface area contributed by atoms with Crippen LogP contribution < -0.4 is 0 Å². The number of carbonyl (C=O) groups is 1. The molecule has 1 aliphatic heterocycles. The molecule has 0 bridgehead atoms. The van der Waals surface area contributed by atoms with Gasteiger partial charge in [-0.15, -0.1) is 0 Å². The Morgan fingerprint density at radius 2 is 1.74 bits per heavy atom. The molecule has 27 heavy (non-hydrogen) atoms. The molecule has 2 heterocycles. The molecule has 0 radical (unpaired) electrons. The summed E-state index contributed by atoms with van der Waals surface area (Å²) in [4.78, 5) is 19.5. The molecule has 0 atom stereocenters. The van der Waals surface area contributed by atoms with Gasteiger partial charge in [0.2, 0.25) is 0 Å². The van der Waals surface area contributed by atoms with E-state index >= 15 is 0 Å². The number of aryl methyl sites for hydroxylation is 2. The first-order chi connectivity index (χ1) is 13.1. The van der Waals surface area contributed by atoms with Gasteiger partial charge in [0, 0.05) is 12.1 Å². The van der Waals surface area contributed by atoms with E-state index in [-0.39, 0.29) is 5.78 Å². The van der Waals surface area contributed by atoms with Crippen LogP contribution in [0.3, 0.4) is 0 Å². The molecule has 4 rings (SSSR count). The second-order valence-corrected chi connectivity index (χ2v) is 7.77. The van der Waals surface area contributed by atoms with Crippen molar-refractivity contribution < 1.29 is 4.79 Å². The number of benzene rings is 2. The molecule has 1 saturated heterocycles. The van der Waals surface area contributed by atoms with Gasteiger partial charge in [-0.25, -0.2) is 4.98 Å². The summed E-state index contributed by atoms with van der Waals surface area (Å²) >= 11 is 0. The number of piperidine rings is 1. The number of carbonyl (C=O) groups excluding carboxylic acids is 1. The minimum Gasteiger partial charge on any atom is -0.328 e. The molecule has 0 saturated carbocycles. The Bertz CT molecular complexity index is 934.